The number of nitrogens with zero attached hydrogens (tertiary/aromatic N) is 2. The molecule has 2 heterocycles. The number of nitrogens with two attached hydrogens (primary N) is 1. The van der Waals surface area contributed by atoms with Gasteiger partial charge < -0.3 is 5.73 Å². The van der Waals surface area contributed by atoms with E-state index >= 15 is 0 Å². The van der Waals surface area contributed by atoms with Crippen LogP contribution in [0.2, 0.25) is 0 Å². The summed E-state index contributed by atoms with van der Waals surface area (Å²) in [6, 6.07) is 3.48. The fourth-order valence-electron chi connectivity index (χ4n) is 2.01. The van der Waals surface area contributed by atoms with Crippen molar-refractivity contribution in [3.05, 3.63) is 30.1 Å². The van der Waals surface area contributed by atoms with E-state index in [9.17, 15) is 8.42 Å². The first-order valence-electron chi connectivity index (χ1n) is 5.70. The van der Waals surface area contributed by atoms with E-state index in [1.54, 1.807) is 24.5 Å². The van der Waals surface area contributed by atoms with Crippen molar-refractivity contribution in [1.29, 1.82) is 0 Å². The van der Waals surface area contributed by atoms with Crippen LogP contribution >= 0.6 is 12.4 Å². The van der Waals surface area contributed by atoms with Gasteiger partial charge in [-0.05, 0) is 24.5 Å². The minimum atomic E-state index is -3.26. The lowest BCUT2D eigenvalue weighted by atomic mass is 10.1. The Hall–Kier alpha value is -0.690. The van der Waals surface area contributed by atoms with Gasteiger partial charge in [0.1, 0.15) is 0 Å². The smallest absolute Gasteiger partial charge is 0.218 e. The maximum Gasteiger partial charge on any atom is 0.218 e. The largest absolute Gasteiger partial charge is 0.327 e. The van der Waals surface area contributed by atoms with Gasteiger partial charge in [0.05, 0.1) is 5.75 Å². The second-order valence-corrected chi connectivity index (χ2v) is 6.35. The number of piperidine rings is 1. The molecule has 0 spiro atoms. The van der Waals surface area contributed by atoms with Crippen LogP contribution in [0.25, 0.3) is 0 Å². The molecule has 102 valence electrons. The quantitative estimate of drug-likeness (QED) is 0.892. The predicted molar refractivity (Wildman–Crippen MR) is 72.9 cm³/mol. The molecule has 1 aromatic heterocycles. The molecule has 1 aliphatic rings. The van der Waals surface area contributed by atoms with E-state index in [2.05, 4.69) is 4.98 Å². The van der Waals surface area contributed by atoms with Gasteiger partial charge in [-0.1, -0.05) is 6.07 Å². The summed E-state index contributed by atoms with van der Waals surface area (Å²) >= 11 is 0. The first kappa shape index (κ1) is 15.4. The second kappa shape index (κ2) is 6.47. The molecule has 0 saturated carbocycles. The maximum atomic E-state index is 12.1. The molecule has 0 radical (unpaired) electrons. The highest BCUT2D eigenvalue weighted by atomic mass is 35.5. The van der Waals surface area contributed by atoms with Crippen LogP contribution in [-0.2, 0) is 15.8 Å². The normalized spacial score (nSPS) is 21.3. The zero-order valence-corrected chi connectivity index (χ0v) is 11.7. The highest BCUT2D eigenvalue weighted by Gasteiger charge is 2.27. The van der Waals surface area contributed by atoms with E-state index in [1.807, 2.05) is 0 Å². The van der Waals surface area contributed by atoms with E-state index in [-0.39, 0.29) is 24.2 Å². The van der Waals surface area contributed by atoms with Crippen LogP contribution in [-0.4, -0.2) is 36.8 Å². The van der Waals surface area contributed by atoms with Crippen LogP contribution in [0, 0.1) is 0 Å². The molecule has 0 aliphatic carbocycles. The van der Waals surface area contributed by atoms with Crippen molar-refractivity contribution in [2.75, 3.05) is 13.1 Å². The average molecular weight is 292 g/mol. The van der Waals surface area contributed by atoms with Crippen LogP contribution in [0.5, 0.6) is 0 Å². The number of aromatic nitrogens is 1. The van der Waals surface area contributed by atoms with Crippen molar-refractivity contribution < 1.29 is 8.42 Å². The zero-order valence-electron chi connectivity index (χ0n) is 10.0. The minimum absolute atomic E-state index is 0. The van der Waals surface area contributed by atoms with Gasteiger partial charge in [-0.15, -0.1) is 12.4 Å². The third kappa shape index (κ3) is 3.91. The Labute approximate surface area is 114 Å². The maximum absolute atomic E-state index is 12.1. The summed E-state index contributed by atoms with van der Waals surface area (Å²) < 4.78 is 25.8. The number of hydrogen-bond acceptors (Lipinski definition) is 4. The molecule has 0 amide bonds. The SMILES string of the molecule is Cl.NC1CCCN(S(=O)(=O)Cc2cccnc2)C1. The van der Waals surface area contributed by atoms with Gasteiger partial charge >= 0.3 is 0 Å². The fourth-order valence-corrected chi connectivity index (χ4v) is 3.61. The lowest BCUT2D eigenvalue weighted by Crippen LogP contribution is -2.46. The summed E-state index contributed by atoms with van der Waals surface area (Å²) in [5, 5.41) is 0. The average Bonchev–Trinajstić information content (AvgIpc) is 2.30. The summed E-state index contributed by atoms with van der Waals surface area (Å²) in [6.45, 7) is 1.01. The summed E-state index contributed by atoms with van der Waals surface area (Å²) in [4.78, 5) is 3.92. The molecule has 0 aromatic carbocycles. The zero-order chi connectivity index (χ0) is 12.3. The summed E-state index contributed by atoms with van der Waals surface area (Å²) in [7, 11) is -3.26. The third-order valence-electron chi connectivity index (χ3n) is 2.89. The molecule has 2 rings (SSSR count). The van der Waals surface area contributed by atoms with E-state index in [4.69, 9.17) is 5.73 Å². The Kier molecular flexibility index (Phi) is 5.52. The monoisotopic (exact) mass is 291 g/mol. The number of rotatable bonds is 3. The van der Waals surface area contributed by atoms with E-state index in [1.165, 1.54) is 4.31 Å². The molecule has 1 unspecified atom stereocenters. The minimum Gasteiger partial charge on any atom is -0.327 e. The van der Waals surface area contributed by atoms with Gasteiger partial charge in [0.25, 0.3) is 0 Å². The molecule has 1 aliphatic heterocycles. The first-order valence-corrected chi connectivity index (χ1v) is 7.31. The Morgan fingerprint density at radius 2 is 2.28 bits per heavy atom. The Bertz CT molecular complexity index is 466. The first-order chi connectivity index (χ1) is 8.08. The van der Waals surface area contributed by atoms with Crippen LogP contribution < -0.4 is 5.73 Å². The molecular weight excluding hydrogens is 274 g/mol. The van der Waals surface area contributed by atoms with E-state index in [0.717, 1.165) is 12.8 Å². The van der Waals surface area contributed by atoms with E-state index < -0.39 is 10.0 Å². The Morgan fingerprint density at radius 1 is 1.50 bits per heavy atom. The Morgan fingerprint density at radius 3 is 2.89 bits per heavy atom. The Balaban J connectivity index is 0.00000162. The summed E-state index contributed by atoms with van der Waals surface area (Å²) in [6.07, 6.45) is 4.96. The second-order valence-electron chi connectivity index (χ2n) is 4.38. The van der Waals surface area contributed by atoms with Gasteiger partial charge in [-0.2, -0.15) is 0 Å². The highest BCUT2D eigenvalue weighted by molar-refractivity contribution is 7.88. The van der Waals surface area contributed by atoms with Gasteiger partial charge in [-0.3, -0.25) is 4.98 Å². The van der Waals surface area contributed by atoms with Crippen molar-refractivity contribution in [2.24, 2.45) is 5.73 Å². The molecule has 18 heavy (non-hydrogen) atoms. The van der Waals surface area contributed by atoms with Gasteiger partial charge in [0, 0.05) is 31.5 Å². The number of pyridine rings is 1. The molecule has 1 saturated heterocycles. The number of sulfonamides is 1. The van der Waals surface area contributed by atoms with Crippen LogP contribution in [0.4, 0.5) is 0 Å². The van der Waals surface area contributed by atoms with Crippen molar-refractivity contribution in [3.63, 3.8) is 0 Å². The predicted octanol–water partition coefficient (Wildman–Crippen LogP) is 0.756. The third-order valence-corrected chi connectivity index (χ3v) is 4.70. The molecule has 7 heteroatoms. The molecule has 0 bridgehead atoms. The fraction of sp³-hybridized carbons (Fsp3) is 0.545. The topological polar surface area (TPSA) is 76.3 Å². The van der Waals surface area contributed by atoms with Crippen LogP contribution in [0.3, 0.4) is 0 Å². The molecular formula is C11H18ClN3O2S. The lowest BCUT2D eigenvalue weighted by Gasteiger charge is -2.29. The summed E-state index contributed by atoms with van der Waals surface area (Å²) in [5.74, 6) is 0.00750. The van der Waals surface area contributed by atoms with Crippen LogP contribution in [0.1, 0.15) is 18.4 Å². The highest BCUT2D eigenvalue weighted by Crippen LogP contribution is 2.16. The van der Waals surface area contributed by atoms with Crippen molar-refractivity contribution in [1.82, 2.24) is 9.29 Å². The van der Waals surface area contributed by atoms with E-state index in [0.29, 0.717) is 18.7 Å². The van der Waals surface area contributed by atoms with Gasteiger partial charge in [-0.25, -0.2) is 12.7 Å². The molecule has 1 aromatic rings. The number of halogens is 1. The summed E-state index contributed by atoms with van der Waals surface area (Å²) in [5.41, 5.74) is 6.51. The molecule has 1 atom stereocenters. The van der Waals surface area contributed by atoms with Crippen molar-refractivity contribution >= 4 is 22.4 Å². The van der Waals surface area contributed by atoms with Crippen LogP contribution in [0.15, 0.2) is 24.5 Å². The van der Waals surface area contributed by atoms with Gasteiger partial charge in [0.2, 0.25) is 10.0 Å². The number of hydrogen-bond donors (Lipinski definition) is 1. The van der Waals surface area contributed by atoms with Crippen molar-refractivity contribution in [3.8, 4) is 0 Å². The van der Waals surface area contributed by atoms with Crippen molar-refractivity contribution in [2.45, 2.75) is 24.6 Å². The standard InChI is InChI=1S/C11H17N3O2S.ClH/c12-11-4-2-6-14(8-11)17(15,16)9-10-3-1-5-13-7-10;/h1,3,5,7,11H,2,4,6,8-9,12H2;1H. The van der Waals surface area contributed by atoms with Gasteiger partial charge in [0.15, 0.2) is 0 Å². The molecule has 1 fully saturated rings. The molecule has 2 N–H and O–H groups in total. The molecule has 5 nitrogen and oxygen atoms in total. The lowest BCUT2D eigenvalue weighted by molar-refractivity contribution is 0.315.